The molecule has 0 N–H and O–H groups in total. The second-order valence-electron chi connectivity index (χ2n) is 7.12. The Morgan fingerprint density at radius 2 is 1.65 bits per heavy atom. The fourth-order valence-electron chi connectivity index (χ4n) is 3.71. The second-order valence-corrected chi connectivity index (χ2v) is 7.12. The summed E-state index contributed by atoms with van der Waals surface area (Å²) in [4.78, 5) is 0. The molecule has 2 aromatic rings. The van der Waals surface area contributed by atoms with Crippen LogP contribution in [0.4, 0.5) is 0 Å². The van der Waals surface area contributed by atoms with Gasteiger partial charge in [-0.1, -0.05) is 71.8 Å². The van der Waals surface area contributed by atoms with E-state index in [4.69, 9.17) is 4.74 Å². The highest BCUT2D eigenvalue weighted by molar-refractivity contribution is 5.36. The van der Waals surface area contributed by atoms with Crippen LogP contribution in [0.5, 0.6) is 0 Å². The number of hydrogen-bond acceptors (Lipinski definition) is 1. The Morgan fingerprint density at radius 3 is 2.22 bits per heavy atom. The zero-order valence-electron chi connectivity index (χ0n) is 14.4. The first-order valence-corrected chi connectivity index (χ1v) is 8.40. The first-order chi connectivity index (χ1) is 11.0. The van der Waals surface area contributed by atoms with Gasteiger partial charge in [0.15, 0.2) is 0 Å². The second kappa shape index (κ2) is 6.33. The molecular formula is C22H26O. The third-order valence-electron chi connectivity index (χ3n) is 4.89. The molecule has 0 amide bonds. The van der Waals surface area contributed by atoms with Crippen LogP contribution in [-0.4, -0.2) is 6.61 Å². The van der Waals surface area contributed by atoms with Gasteiger partial charge >= 0.3 is 0 Å². The van der Waals surface area contributed by atoms with E-state index >= 15 is 0 Å². The molecule has 0 unspecified atom stereocenters. The van der Waals surface area contributed by atoms with Crippen molar-refractivity contribution in [3.63, 3.8) is 0 Å². The van der Waals surface area contributed by atoms with Gasteiger partial charge in [-0.05, 0) is 44.7 Å². The van der Waals surface area contributed by atoms with Crippen molar-refractivity contribution in [2.45, 2.75) is 45.1 Å². The molecule has 3 rings (SSSR count). The minimum atomic E-state index is 0.114. The molecule has 0 heterocycles. The normalized spacial score (nSPS) is 17.6. The fraction of sp³-hybridized carbons (Fsp3) is 0.364. The summed E-state index contributed by atoms with van der Waals surface area (Å²) >= 11 is 0. The maximum atomic E-state index is 6.31. The Morgan fingerprint density at radius 1 is 1.04 bits per heavy atom. The quantitative estimate of drug-likeness (QED) is 0.647. The van der Waals surface area contributed by atoms with Gasteiger partial charge in [-0.2, -0.15) is 0 Å². The highest BCUT2D eigenvalue weighted by Crippen LogP contribution is 2.47. The molecule has 0 aliphatic heterocycles. The number of rotatable bonds is 5. The molecule has 0 spiro atoms. The third kappa shape index (κ3) is 3.40. The van der Waals surface area contributed by atoms with E-state index in [-0.39, 0.29) is 11.5 Å². The minimum absolute atomic E-state index is 0.114. The van der Waals surface area contributed by atoms with Gasteiger partial charge in [-0.3, -0.25) is 0 Å². The molecule has 120 valence electrons. The Labute approximate surface area is 140 Å². The van der Waals surface area contributed by atoms with Gasteiger partial charge < -0.3 is 4.74 Å². The average Bonchev–Trinajstić information content (AvgIpc) is 2.50. The van der Waals surface area contributed by atoms with Gasteiger partial charge in [0.25, 0.3) is 0 Å². The Bertz CT molecular complexity index is 671. The van der Waals surface area contributed by atoms with Crippen LogP contribution in [0.3, 0.4) is 0 Å². The Hall–Kier alpha value is -1.86. The zero-order chi connectivity index (χ0) is 16.4. The minimum Gasteiger partial charge on any atom is -0.373 e. The van der Waals surface area contributed by atoms with Crippen molar-refractivity contribution >= 4 is 0 Å². The molecule has 1 aliphatic carbocycles. The molecule has 2 aromatic carbocycles. The molecule has 23 heavy (non-hydrogen) atoms. The third-order valence-corrected chi connectivity index (χ3v) is 4.89. The Balaban J connectivity index is 1.74. The summed E-state index contributed by atoms with van der Waals surface area (Å²) in [5, 5.41) is 0. The first kappa shape index (κ1) is 16.0. The number of ether oxygens (including phenoxy) is 1. The molecule has 0 bridgehead atoms. The molecule has 1 atom stereocenters. The maximum absolute atomic E-state index is 6.31. The number of aryl methyl sites for hydroxylation is 2. The topological polar surface area (TPSA) is 9.23 Å². The van der Waals surface area contributed by atoms with Gasteiger partial charge in [-0.25, -0.2) is 0 Å². The van der Waals surface area contributed by atoms with Crippen LogP contribution in [0.1, 0.15) is 48.1 Å². The standard InChI is InChI=1S/C22H26O/c1-16-10-17(2)12-20(11-16)19(4)23-15-22(13-18(3)14-22)21-8-6-5-7-9-21/h5-12,19H,3,13-15H2,1-2,4H3/t19-/m1/s1. The smallest absolute Gasteiger partial charge is 0.0797 e. The predicted octanol–water partition coefficient (Wildman–Crippen LogP) is 5.67. The maximum Gasteiger partial charge on any atom is 0.0797 e. The SMILES string of the molecule is C=C1CC(CO[C@H](C)c2cc(C)cc(C)c2)(c2ccccc2)C1. The molecule has 1 saturated carbocycles. The van der Waals surface area contributed by atoms with E-state index in [0.29, 0.717) is 0 Å². The number of benzene rings is 2. The largest absolute Gasteiger partial charge is 0.373 e. The van der Waals surface area contributed by atoms with Crippen molar-refractivity contribution in [2.75, 3.05) is 6.61 Å². The monoisotopic (exact) mass is 306 g/mol. The predicted molar refractivity (Wildman–Crippen MR) is 96.8 cm³/mol. The van der Waals surface area contributed by atoms with Crippen LogP contribution < -0.4 is 0 Å². The van der Waals surface area contributed by atoms with Gasteiger partial charge in [0.2, 0.25) is 0 Å². The summed E-state index contributed by atoms with van der Waals surface area (Å²) in [7, 11) is 0. The molecule has 1 aliphatic rings. The van der Waals surface area contributed by atoms with Crippen molar-refractivity contribution in [3.05, 3.63) is 82.9 Å². The van der Waals surface area contributed by atoms with E-state index in [1.54, 1.807) is 0 Å². The summed E-state index contributed by atoms with van der Waals surface area (Å²) in [6.45, 7) is 11.3. The van der Waals surface area contributed by atoms with Crippen LogP contribution in [0.25, 0.3) is 0 Å². The van der Waals surface area contributed by atoms with Crippen LogP contribution in [0.15, 0.2) is 60.7 Å². The summed E-state index contributed by atoms with van der Waals surface area (Å²) in [6, 6.07) is 17.4. The lowest BCUT2D eigenvalue weighted by molar-refractivity contribution is 0.0143. The molecule has 0 saturated heterocycles. The highest BCUT2D eigenvalue weighted by atomic mass is 16.5. The van der Waals surface area contributed by atoms with Gasteiger partial charge in [0, 0.05) is 5.41 Å². The van der Waals surface area contributed by atoms with E-state index in [1.165, 1.54) is 27.8 Å². The van der Waals surface area contributed by atoms with E-state index in [9.17, 15) is 0 Å². The van der Waals surface area contributed by atoms with Crippen molar-refractivity contribution in [2.24, 2.45) is 0 Å². The molecule has 1 fully saturated rings. The van der Waals surface area contributed by atoms with Crippen molar-refractivity contribution in [1.29, 1.82) is 0 Å². The van der Waals surface area contributed by atoms with Crippen molar-refractivity contribution < 1.29 is 4.74 Å². The lowest BCUT2D eigenvalue weighted by Gasteiger charge is -2.44. The van der Waals surface area contributed by atoms with Crippen LogP contribution in [-0.2, 0) is 10.2 Å². The summed E-state index contributed by atoms with van der Waals surface area (Å²) in [6.07, 6.45) is 2.19. The number of hydrogen-bond donors (Lipinski definition) is 0. The van der Waals surface area contributed by atoms with E-state index in [0.717, 1.165) is 19.4 Å². The molecule has 0 aromatic heterocycles. The Kier molecular flexibility index (Phi) is 4.41. The molecule has 1 nitrogen and oxygen atoms in total. The van der Waals surface area contributed by atoms with Crippen LogP contribution in [0.2, 0.25) is 0 Å². The zero-order valence-corrected chi connectivity index (χ0v) is 14.4. The van der Waals surface area contributed by atoms with Crippen molar-refractivity contribution in [1.82, 2.24) is 0 Å². The van der Waals surface area contributed by atoms with Gasteiger partial charge in [0.1, 0.15) is 0 Å². The molecule has 0 radical (unpaired) electrons. The van der Waals surface area contributed by atoms with E-state index < -0.39 is 0 Å². The first-order valence-electron chi connectivity index (χ1n) is 8.40. The van der Waals surface area contributed by atoms with E-state index in [2.05, 4.69) is 75.9 Å². The van der Waals surface area contributed by atoms with Crippen LogP contribution in [0, 0.1) is 13.8 Å². The van der Waals surface area contributed by atoms with E-state index in [1.807, 2.05) is 0 Å². The van der Waals surface area contributed by atoms with Crippen molar-refractivity contribution in [3.8, 4) is 0 Å². The lowest BCUT2D eigenvalue weighted by atomic mass is 9.62. The summed E-state index contributed by atoms with van der Waals surface area (Å²) in [5.41, 5.74) is 6.68. The molecular weight excluding hydrogens is 280 g/mol. The average molecular weight is 306 g/mol. The lowest BCUT2D eigenvalue weighted by Crippen LogP contribution is -2.40. The summed E-state index contributed by atoms with van der Waals surface area (Å²) < 4.78 is 6.31. The summed E-state index contributed by atoms with van der Waals surface area (Å²) in [5.74, 6) is 0. The molecule has 1 heteroatoms. The fourth-order valence-corrected chi connectivity index (χ4v) is 3.71. The number of allylic oxidation sites excluding steroid dienone is 1. The van der Waals surface area contributed by atoms with Crippen LogP contribution >= 0.6 is 0 Å². The van der Waals surface area contributed by atoms with Gasteiger partial charge in [0.05, 0.1) is 12.7 Å². The highest BCUT2D eigenvalue weighted by Gasteiger charge is 2.41. The van der Waals surface area contributed by atoms with Gasteiger partial charge in [-0.15, -0.1) is 0 Å².